The molecule has 1 N–H and O–H groups in total. The molecule has 0 aliphatic rings. The molecule has 1 aromatic rings. The summed E-state index contributed by atoms with van der Waals surface area (Å²) in [4.78, 5) is 19.4. The van der Waals surface area contributed by atoms with Crippen LogP contribution in [0.3, 0.4) is 0 Å². The SMILES string of the molecule is CC(C)CC(C)NC(=O)c1cnc(Cl)cn1. The number of rotatable bonds is 4. The lowest BCUT2D eigenvalue weighted by Crippen LogP contribution is -2.34. The van der Waals surface area contributed by atoms with Crippen molar-refractivity contribution in [2.75, 3.05) is 0 Å². The highest BCUT2D eigenvalue weighted by molar-refractivity contribution is 6.29. The molecule has 0 radical (unpaired) electrons. The lowest BCUT2D eigenvalue weighted by molar-refractivity contribution is 0.0930. The van der Waals surface area contributed by atoms with Crippen LogP contribution in [0.15, 0.2) is 12.4 Å². The van der Waals surface area contributed by atoms with Crippen molar-refractivity contribution in [3.05, 3.63) is 23.2 Å². The third-order valence-electron chi connectivity index (χ3n) is 2.06. The molecule has 5 heteroatoms. The van der Waals surface area contributed by atoms with Crippen LogP contribution in [-0.2, 0) is 0 Å². The smallest absolute Gasteiger partial charge is 0.271 e. The highest BCUT2D eigenvalue weighted by Crippen LogP contribution is 2.05. The molecule has 1 atom stereocenters. The summed E-state index contributed by atoms with van der Waals surface area (Å²) >= 11 is 5.59. The Morgan fingerprint density at radius 2 is 2.06 bits per heavy atom. The van der Waals surface area contributed by atoms with Gasteiger partial charge in [0.2, 0.25) is 0 Å². The standard InChI is InChI=1S/C11H16ClN3O/c1-7(2)4-8(3)15-11(16)9-5-14-10(12)6-13-9/h5-8H,4H2,1-3H3,(H,15,16). The maximum absolute atomic E-state index is 11.7. The molecule has 0 aromatic carbocycles. The normalized spacial score (nSPS) is 12.6. The maximum Gasteiger partial charge on any atom is 0.271 e. The lowest BCUT2D eigenvalue weighted by Gasteiger charge is -2.15. The van der Waals surface area contributed by atoms with Gasteiger partial charge in [0.05, 0.1) is 12.4 Å². The number of nitrogens with one attached hydrogen (secondary N) is 1. The fourth-order valence-corrected chi connectivity index (χ4v) is 1.59. The van der Waals surface area contributed by atoms with Crippen molar-refractivity contribution < 1.29 is 4.79 Å². The van der Waals surface area contributed by atoms with Crippen molar-refractivity contribution in [3.63, 3.8) is 0 Å². The summed E-state index contributed by atoms with van der Waals surface area (Å²) in [5.41, 5.74) is 0.292. The van der Waals surface area contributed by atoms with Crippen LogP contribution in [0.5, 0.6) is 0 Å². The summed E-state index contributed by atoms with van der Waals surface area (Å²) in [5.74, 6) is 0.337. The average molecular weight is 242 g/mol. The van der Waals surface area contributed by atoms with Gasteiger partial charge in [0.25, 0.3) is 5.91 Å². The average Bonchev–Trinajstić information content (AvgIpc) is 2.16. The maximum atomic E-state index is 11.7. The van der Waals surface area contributed by atoms with Crippen LogP contribution in [0.2, 0.25) is 5.15 Å². The van der Waals surface area contributed by atoms with E-state index in [0.29, 0.717) is 11.6 Å². The van der Waals surface area contributed by atoms with E-state index in [-0.39, 0.29) is 17.1 Å². The molecule has 1 unspecified atom stereocenters. The minimum atomic E-state index is -0.211. The van der Waals surface area contributed by atoms with Crippen LogP contribution in [0, 0.1) is 5.92 Å². The van der Waals surface area contributed by atoms with Crippen molar-refractivity contribution in [1.29, 1.82) is 0 Å². The molecule has 1 aromatic heterocycles. The van der Waals surface area contributed by atoms with Crippen molar-refractivity contribution >= 4 is 17.5 Å². The molecule has 1 heterocycles. The minimum Gasteiger partial charge on any atom is -0.348 e. The fraction of sp³-hybridized carbons (Fsp3) is 0.545. The quantitative estimate of drug-likeness (QED) is 0.880. The van der Waals surface area contributed by atoms with E-state index in [1.165, 1.54) is 12.4 Å². The number of hydrogen-bond donors (Lipinski definition) is 1. The molecule has 0 fully saturated rings. The van der Waals surface area contributed by atoms with Gasteiger partial charge in [-0.1, -0.05) is 25.4 Å². The minimum absolute atomic E-state index is 0.130. The fourth-order valence-electron chi connectivity index (χ4n) is 1.49. The Bertz CT molecular complexity index is 351. The van der Waals surface area contributed by atoms with Crippen LogP contribution in [0.4, 0.5) is 0 Å². The van der Waals surface area contributed by atoms with Gasteiger partial charge in [-0.15, -0.1) is 0 Å². The third-order valence-corrected chi connectivity index (χ3v) is 2.25. The number of halogens is 1. The molecule has 0 bridgehead atoms. The monoisotopic (exact) mass is 241 g/mol. The molecule has 4 nitrogen and oxygen atoms in total. The summed E-state index contributed by atoms with van der Waals surface area (Å²) in [7, 11) is 0. The van der Waals surface area contributed by atoms with E-state index in [1.807, 2.05) is 6.92 Å². The van der Waals surface area contributed by atoms with Gasteiger partial charge >= 0.3 is 0 Å². The molecule has 16 heavy (non-hydrogen) atoms. The summed E-state index contributed by atoms with van der Waals surface area (Å²) < 4.78 is 0. The molecular weight excluding hydrogens is 226 g/mol. The summed E-state index contributed by atoms with van der Waals surface area (Å²) in [5, 5.41) is 3.15. The molecule has 0 spiro atoms. The first-order valence-corrected chi connectivity index (χ1v) is 5.65. The second kappa shape index (κ2) is 5.80. The van der Waals surface area contributed by atoms with Crippen molar-refractivity contribution in [1.82, 2.24) is 15.3 Å². The molecule has 1 amide bonds. The molecule has 0 saturated heterocycles. The Hall–Kier alpha value is -1.16. The van der Waals surface area contributed by atoms with E-state index in [2.05, 4.69) is 29.1 Å². The van der Waals surface area contributed by atoms with Gasteiger partial charge in [-0.25, -0.2) is 9.97 Å². The molecule has 0 aliphatic carbocycles. The van der Waals surface area contributed by atoms with Gasteiger partial charge in [-0.05, 0) is 19.3 Å². The number of hydrogen-bond acceptors (Lipinski definition) is 3. The Labute approximate surface area is 100 Å². The molecule has 1 rings (SSSR count). The van der Waals surface area contributed by atoms with E-state index in [0.717, 1.165) is 6.42 Å². The number of carbonyl (C=O) groups excluding carboxylic acids is 1. The molecular formula is C11H16ClN3O. The summed E-state index contributed by atoms with van der Waals surface area (Å²) in [6.07, 6.45) is 3.68. The van der Waals surface area contributed by atoms with Crippen LogP contribution < -0.4 is 5.32 Å². The highest BCUT2D eigenvalue weighted by Gasteiger charge is 2.12. The third kappa shape index (κ3) is 4.14. The number of aromatic nitrogens is 2. The Balaban J connectivity index is 2.55. The van der Waals surface area contributed by atoms with E-state index in [9.17, 15) is 4.79 Å². The zero-order chi connectivity index (χ0) is 12.1. The molecule has 0 saturated carbocycles. The van der Waals surface area contributed by atoms with Crippen LogP contribution in [0.1, 0.15) is 37.7 Å². The van der Waals surface area contributed by atoms with E-state index >= 15 is 0 Å². The van der Waals surface area contributed by atoms with Gasteiger partial charge in [0.1, 0.15) is 10.8 Å². The predicted octanol–water partition coefficient (Wildman–Crippen LogP) is 2.29. The number of carbonyl (C=O) groups is 1. The second-order valence-corrected chi connectivity index (χ2v) is 4.62. The first kappa shape index (κ1) is 12.9. The van der Waals surface area contributed by atoms with Crippen LogP contribution >= 0.6 is 11.6 Å². The second-order valence-electron chi connectivity index (χ2n) is 4.23. The Morgan fingerprint density at radius 1 is 1.38 bits per heavy atom. The Morgan fingerprint density at radius 3 is 2.56 bits per heavy atom. The highest BCUT2D eigenvalue weighted by atomic mass is 35.5. The summed E-state index contributed by atoms with van der Waals surface area (Å²) in [6.45, 7) is 6.21. The molecule has 0 aliphatic heterocycles. The zero-order valence-corrected chi connectivity index (χ0v) is 10.5. The largest absolute Gasteiger partial charge is 0.348 e. The molecule has 88 valence electrons. The number of amides is 1. The van der Waals surface area contributed by atoms with Gasteiger partial charge in [-0.2, -0.15) is 0 Å². The van der Waals surface area contributed by atoms with Gasteiger partial charge in [0, 0.05) is 6.04 Å². The Kier molecular flexibility index (Phi) is 4.68. The number of nitrogens with zero attached hydrogens (tertiary/aromatic N) is 2. The van der Waals surface area contributed by atoms with E-state index in [4.69, 9.17) is 11.6 Å². The summed E-state index contributed by atoms with van der Waals surface area (Å²) in [6, 6.07) is 0.130. The van der Waals surface area contributed by atoms with Crippen LogP contribution in [0.25, 0.3) is 0 Å². The van der Waals surface area contributed by atoms with Crippen LogP contribution in [-0.4, -0.2) is 21.9 Å². The van der Waals surface area contributed by atoms with E-state index in [1.54, 1.807) is 0 Å². The van der Waals surface area contributed by atoms with Gasteiger partial charge in [-0.3, -0.25) is 4.79 Å². The lowest BCUT2D eigenvalue weighted by atomic mass is 10.1. The van der Waals surface area contributed by atoms with E-state index < -0.39 is 0 Å². The van der Waals surface area contributed by atoms with Gasteiger partial charge in [0.15, 0.2) is 0 Å². The van der Waals surface area contributed by atoms with Crippen molar-refractivity contribution in [2.24, 2.45) is 5.92 Å². The topological polar surface area (TPSA) is 54.9 Å². The van der Waals surface area contributed by atoms with Gasteiger partial charge < -0.3 is 5.32 Å². The van der Waals surface area contributed by atoms with Crippen molar-refractivity contribution in [2.45, 2.75) is 33.2 Å². The first-order chi connectivity index (χ1) is 7.49. The first-order valence-electron chi connectivity index (χ1n) is 5.27. The predicted molar refractivity (Wildman–Crippen MR) is 63.4 cm³/mol. The zero-order valence-electron chi connectivity index (χ0n) is 9.70. The van der Waals surface area contributed by atoms with Crippen molar-refractivity contribution in [3.8, 4) is 0 Å².